The fourth-order valence-corrected chi connectivity index (χ4v) is 3.11. The Morgan fingerprint density at radius 1 is 1.00 bits per heavy atom. The number of rotatable bonds is 3. The van der Waals surface area contributed by atoms with Crippen LogP contribution in [-0.2, 0) is 9.59 Å². The SMILES string of the molecule is O=C1CC(Nc2ccc(Cl)cc2Cl)C(=O)N1c1ccccc1Cl. The summed E-state index contributed by atoms with van der Waals surface area (Å²) in [5.74, 6) is -0.681. The summed E-state index contributed by atoms with van der Waals surface area (Å²) in [6.45, 7) is 0. The van der Waals surface area contributed by atoms with Crippen LogP contribution in [0.25, 0.3) is 0 Å². The molecule has 1 N–H and O–H groups in total. The van der Waals surface area contributed by atoms with Crippen molar-refractivity contribution in [3.05, 3.63) is 57.5 Å². The molecule has 3 rings (SSSR count). The zero-order chi connectivity index (χ0) is 16.6. The minimum absolute atomic E-state index is 0.0308. The molecule has 2 aromatic carbocycles. The lowest BCUT2D eigenvalue weighted by Gasteiger charge is -2.17. The van der Waals surface area contributed by atoms with E-state index in [0.29, 0.717) is 26.4 Å². The second-order valence-corrected chi connectivity index (χ2v) is 6.29. The molecule has 1 heterocycles. The monoisotopic (exact) mass is 368 g/mol. The summed E-state index contributed by atoms with van der Waals surface area (Å²) in [6, 6.07) is 10.9. The fraction of sp³-hybridized carbons (Fsp3) is 0.125. The maximum absolute atomic E-state index is 12.6. The first kappa shape index (κ1) is 16.1. The molecule has 0 spiro atoms. The lowest BCUT2D eigenvalue weighted by Crippen LogP contribution is -2.35. The van der Waals surface area contributed by atoms with Gasteiger partial charge in [-0.2, -0.15) is 0 Å². The van der Waals surface area contributed by atoms with Gasteiger partial charge in [0, 0.05) is 5.02 Å². The topological polar surface area (TPSA) is 49.4 Å². The molecule has 0 aromatic heterocycles. The first-order valence-electron chi connectivity index (χ1n) is 6.80. The van der Waals surface area contributed by atoms with Crippen molar-refractivity contribution in [1.82, 2.24) is 0 Å². The number of nitrogens with one attached hydrogen (secondary N) is 1. The van der Waals surface area contributed by atoms with Gasteiger partial charge in [-0.25, -0.2) is 4.90 Å². The van der Waals surface area contributed by atoms with Crippen molar-refractivity contribution >= 4 is 58.0 Å². The normalized spacial score (nSPS) is 17.7. The molecular formula is C16H11Cl3N2O2. The van der Waals surface area contributed by atoms with Crippen LogP contribution < -0.4 is 10.2 Å². The molecule has 0 aliphatic carbocycles. The third-order valence-electron chi connectivity index (χ3n) is 3.50. The van der Waals surface area contributed by atoms with Crippen molar-refractivity contribution in [3.63, 3.8) is 0 Å². The maximum atomic E-state index is 12.6. The van der Waals surface area contributed by atoms with Crippen LogP contribution in [0, 0.1) is 0 Å². The van der Waals surface area contributed by atoms with Crippen LogP contribution in [0.1, 0.15) is 6.42 Å². The van der Waals surface area contributed by atoms with E-state index in [1.54, 1.807) is 42.5 Å². The average Bonchev–Trinajstić information content (AvgIpc) is 2.77. The van der Waals surface area contributed by atoms with Gasteiger partial charge in [0.05, 0.1) is 27.8 Å². The fourth-order valence-electron chi connectivity index (χ4n) is 2.43. The number of halogens is 3. The molecule has 1 unspecified atom stereocenters. The maximum Gasteiger partial charge on any atom is 0.256 e. The predicted octanol–water partition coefficient (Wildman–Crippen LogP) is 4.39. The number of nitrogens with zero attached hydrogens (tertiary/aromatic N) is 1. The third-order valence-corrected chi connectivity index (χ3v) is 4.37. The Morgan fingerprint density at radius 3 is 2.43 bits per heavy atom. The molecule has 1 aliphatic rings. The molecule has 4 nitrogen and oxygen atoms in total. The first-order chi connectivity index (χ1) is 11.0. The van der Waals surface area contributed by atoms with E-state index in [1.165, 1.54) is 0 Å². The third kappa shape index (κ3) is 3.15. The molecule has 1 atom stereocenters. The van der Waals surface area contributed by atoms with Gasteiger partial charge in [-0.1, -0.05) is 46.9 Å². The van der Waals surface area contributed by atoms with E-state index < -0.39 is 6.04 Å². The molecule has 1 saturated heterocycles. The predicted molar refractivity (Wildman–Crippen MR) is 92.4 cm³/mol. The van der Waals surface area contributed by atoms with Crippen LogP contribution in [0.3, 0.4) is 0 Å². The number of benzene rings is 2. The Kier molecular flexibility index (Phi) is 4.48. The van der Waals surface area contributed by atoms with Gasteiger partial charge in [-0.15, -0.1) is 0 Å². The molecule has 0 radical (unpaired) electrons. The van der Waals surface area contributed by atoms with Crippen LogP contribution in [0.15, 0.2) is 42.5 Å². The summed E-state index contributed by atoms with van der Waals surface area (Å²) in [5.41, 5.74) is 0.930. The second-order valence-electron chi connectivity index (χ2n) is 5.04. The van der Waals surface area contributed by atoms with E-state index in [9.17, 15) is 9.59 Å². The van der Waals surface area contributed by atoms with Gasteiger partial charge in [0.15, 0.2) is 0 Å². The van der Waals surface area contributed by atoms with Crippen molar-refractivity contribution in [3.8, 4) is 0 Å². The highest BCUT2D eigenvalue weighted by molar-refractivity contribution is 6.37. The quantitative estimate of drug-likeness (QED) is 0.816. The van der Waals surface area contributed by atoms with Crippen LogP contribution >= 0.6 is 34.8 Å². The molecule has 1 fully saturated rings. The number of amides is 2. The molecule has 1 aliphatic heterocycles. The van der Waals surface area contributed by atoms with Crippen LogP contribution in [-0.4, -0.2) is 17.9 Å². The Hall–Kier alpha value is -1.75. The highest BCUT2D eigenvalue weighted by Crippen LogP contribution is 2.32. The Balaban J connectivity index is 1.85. The van der Waals surface area contributed by atoms with Gasteiger partial charge in [0.2, 0.25) is 5.91 Å². The van der Waals surface area contributed by atoms with E-state index in [2.05, 4.69) is 5.32 Å². The largest absolute Gasteiger partial charge is 0.372 e. The van der Waals surface area contributed by atoms with E-state index in [0.717, 1.165) is 4.90 Å². The number of carbonyl (C=O) groups is 2. The summed E-state index contributed by atoms with van der Waals surface area (Å²) in [4.78, 5) is 25.9. The lowest BCUT2D eigenvalue weighted by molar-refractivity contribution is -0.121. The Bertz CT molecular complexity index is 795. The highest BCUT2D eigenvalue weighted by Gasteiger charge is 2.40. The summed E-state index contributed by atoms with van der Waals surface area (Å²) in [6.07, 6.45) is 0.0308. The Labute approximate surface area is 147 Å². The van der Waals surface area contributed by atoms with E-state index in [4.69, 9.17) is 34.8 Å². The molecular weight excluding hydrogens is 359 g/mol. The lowest BCUT2D eigenvalue weighted by atomic mass is 10.2. The summed E-state index contributed by atoms with van der Waals surface area (Å²) < 4.78 is 0. The number of anilines is 2. The van der Waals surface area contributed by atoms with Crippen molar-refractivity contribution in [2.45, 2.75) is 12.5 Å². The minimum atomic E-state index is -0.697. The standard InChI is InChI=1S/C16H11Cl3N2O2/c17-9-5-6-12(11(19)7-9)20-13-8-15(22)21(16(13)23)14-4-2-1-3-10(14)18/h1-7,13,20H,8H2. The zero-order valence-electron chi connectivity index (χ0n) is 11.7. The molecule has 0 saturated carbocycles. The zero-order valence-corrected chi connectivity index (χ0v) is 14.0. The molecule has 2 aromatic rings. The summed E-state index contributed by atoms with van der Waals surface area (Å²) in [5, 5.41) is 4.21. The number of hydrogen-bond acceptors (Lipinski definition) is 3. The molecule has 2 amide bonds. The smallest absolute Gasteiger partial charge is 0.256 e. The highest BCUT2D eigenvalue weighted by atomic mass is 35.5. The van der Waals surface area contributed by atoms with Gasteiger partial charge < -0.3 is 5.32 Å². The van der Waals surface area contributed by atoms with Gasteiger partial charge in [0.1, 0.15) is 6.04 Å². The van der Waals surface area contributed by atoms with E-state index >= 15 is 0 Å². The summed E-state index contributed by atoms with van der Waals surface area (Å²) >= 11 is 18.0. The van der Waals surface area contributed by atoms with E-state index in [-0.39, 0.29) is 18.2 Å². The van der Waals surface area contributed by atoms with E-state index in [1.807, 2.05) is 0 Å². The number of carbonyl (C=O) groups excluding carboxylic acids is 2. The van der Waals surface area contributed by atoms with Gasteiger partial charge >= 0.3 is 0 Å². The molecule has 23 heavy (non-hydrogen) atoms. The van der Waals surface area contributed by atoms with Gasteiger partial charge in [-0.05, 0) is 30.3 Å². The number of imide groups is 1. The van der Waals surface area contributed by atoms with Crippen molar-refractivity contribution < 1.29 is 9.59 Å². The van der Waals surface area contributed by atoms with Crippen LogP contribution in [0.5, 0.6) is 0 Å². The molecule has 7 heteroatoms. The van der Waals surface area contributed by atoms with Crippen molar-refractivity contribution in [1.29, 1.82) is 0 Å². The van der Waals surface area contributed by atoms with Crippen LogP contribution in [0.4, 0.5) is 11.4 Å². The summed E-state index contributed by atoms with van der Waals surface area (Å²) in [7, 11) is 0. The van der Waals surface area contributed by atoms with Crippen molar-refractivity contribution in [2.24, 2.45) is 0 Å². The van der Waals surface area contributed by atoms with Crippen LogP contribution in [0.2, 0.25) is 15.1 Å². The van der Waals surface area contributed by atoms with Crippen molar-refractivity contribution in [2.75, 3.05) is 10.2 Å². The Morgan fingerprint density at radius 2 is 1.74 bits per heavy atom. The van der Waals surface area contributed by atoms with Gasteiger partial charge in [-0.3, -0.25) is 9.59 Å². The molecule has 118 valence electrons. The van der Waals surface area contributed by atoms with Gasteiger partial charge in [0.25, 0.3) is 5.91 Å². The average molecular weight is 370 g/mol. The first-order valence-corrected chi connectivity index (χ1v) is 7.93. The second kappa shape index (κ2) is 6.40. The number of para-hydroxylation sites is 1. The number of hydrogen-bond donors (Lipinski definition) is 1. The minimum Gasteiger partial charge on any atom is -0.372 e. The molecule has 0 bridgehead atoms.